The van der Waals surface area contributed by atoms with E-state index in [2.05, 4.69) is 47.9 Å². The molecular weight excluding hydrogens is 315 g/mol. The van der Waals surface area contributed by atoms with E-state index in [4.69, 9.17) is 23.2 Å². The lowest BCUT2D eigenvalue weighted by molar-refractivity contribution is 0.297. The molecule has 0 amide bonds. The summed E-state index contributed by atoms with van der Waals surface area (Å²) < 4.78 is 0. The van der Waals surface area contributed by atoms with Crippen LogP contribution in [0.1, 0.15) is 32.3 Å². The molecule has 0 atom stereocenters. The predicted octanol–water partition coefficient (Wildman–Crippen LogP) is 4.64. The monoisotopic (exact) mass is 344 g/mol. The minimum Gasteiger partial charge on any atom is -0.369 e. The largest absolute Gasteiger partial charge is 0.369 e. The third-order valence-electron chi connectivity index (χ3n) is 4.09. The average Bonchev–Trinajstić information content (AvgIpc) is 2.55. The first-order valence-corrected chi connectivity index (χ1v) is 9.50. The van der Waals surface area contributed by atoms with Gasteiger partial charge in [0.2, 0.25) is 0 Å². The van der Waals surface area contributed by atoms with Gasteiger partial charge in [0.25, 0.3) is 0 Å². The molecule has 1 rings (SSSR count). The summed E-state index contributed by atoms with van der Waals surface area (Å²) >= 11 is 11.7. The number of benzene rings is 1. The zero-order valence-corrected chi connectivity index (χ0v) is 15.5. The first-order chi connectivity index (χ1) is 10.7. The third-order valence-corrected chi connectivity index (χ3v) is 4.43. The van der Waals surface area contributed by atoms with E-state index >= 15 is 0 Å². The van der Waals surface area contributed by atoms with Gasteiger partial charge in [-0.25, -0.2) is 0 Å². The molecular formula is C18H30Cl2N2. The molecule has 1 aromatic rings. The van der Waals surface area contributed by atoms with E-state index in [-0.39, 0.29) is 0 Å². The lowest BCUT2D eigenvalue weighted by atomic mass is 10.1. The predicted molar refractivity (Wildman–Crippen MR) is 101 cm³/mol. The van der Waals surface area contributed by atoms with Gasteiger partial charge in [-0.15, -0.1) is 23.2 Å². The number of nitrogens with zero attached hydrogens (tertiary/aromatic N) is 2. The van der Waals surface area contributed by atoms with Gasteiger partial charge in [-0.05, 0) is 56.6 Å². The van der Waals surface area contributed by atoms with E-state index in [9.17, 15) is 0 Å². The molecule has 0 heterocycles. The molecule has 0 saturated heterocycles. The standard InChI is InChI=1S/C18H30Cl2N2/c1-3-21(4-2)14-6-5-7-17-8-10-18(11-9-17)22(15-12-19)16-13-20/h8-11H,3-7,12-16H2,1-2H3. The van der Waals surface area contributed by atoms with Gasteiger partial charge in [0.15, 0.2) is 0 Å². The van der Waals surface area contributed by atoms with Crippen molar-refractivity contribution in [2.24, 2.45) is 0 Å². The minimum atomic E-state index is 0.629. The Balaban J connectivity index is 2.40. The van der Waals surface area contributed by atoms with Crippen molar-refractivity contribution < 1.29 is 0 Å². The highest BCUT2D eigenvalue weighted by molar-refractivity contribution is 6.18. The highest BCUT2D eigenvalue weighted by Gasteiger charge is 2.05. The van der Waals surface area contributed by atoms with Gasteiger partial charge in [-0.3, -0.25) is 0 Å². The van der Waals surface area contributed by atoms with Crippen LogP contribution in [-0.2, 0) is 6.42 Å². The van der Waals surface area contributed by atoms with Gasteiger partial charge in [0, 0.05) is 30.5 Å². The fourth-order valence-corrected chi connectivity index (χ4v) is 3.06. The van der Waals surface area contributed by atoms with Crippen LogP contribution in [0, 0.1) is 0 Å². The van der Waals surface area contributed by atoms with Crippen molar-refractivity contribution in [1.29, 1.82) is 0 Å². The Morgan fingerprint density at radius 1 is 0.818 bits per heavy atom. The molecule has 0 aromatic heterocycles. The van der Waals surface area contributed by atoms with Crippen molar-refractivity contribution in [2.75, 3.05) is 49.4 Å². The molecule has 0 spiro atoms. The lowest BCUT2D eigenvalue weighted by Crippen LogP contribution is -2.27. The van der Waals surface area contributed by atoms with Gasteiger partial charge >= 0.3 is 0 Å². The maximum Gasteiger partial charge on any atom is 0.0399 e. The molecule has 0 aliphatic heterocycles. The number of anilines is 1. The minimum absolute atomic E-state index is 0.629. The summed E-state index contributed by atoms with van der Waals surface area (Å²) in [5.41, 5.74) is 2.63. The van der Waals surface area contributed by atoms with Crippen LogP contribution >= 0.6 is 23.2 Å². The number of hydrogen-bond acceptors (Lipinski definition) is 2. The van der Waals surface area contributed by atoms with Crippen molar-refractivity contribution in [3.63, 3.8) is 0 Å². The van der Waals surface area contributed by atoms with Crippen molar-refractivity contribution in [3.05, 3.63) is 29.8 Å². The number of hydrogen-bond donors (Lipinski definition) is 0. The van der Waals surface area contributed by atoms with Crippen molar-refractivity contribution in [3.8, 4) is 0 Å². The highest BCUT2D eigenvalue weighted by Crippen LogP contribution is 2.17. The first kappa shape index (κ1) is 19.6. The van der Waals surface area contributed by atoms with Crippen LogP contribution in [0.4, 0.5) is 5.69 Å². The topological polar surface area (TPSA) is 6.48 Å². The van der Waals surface area contributed by atoms with Crippen molar-refractivity contribution >= 4 is 28.9 Å². The molecule has 4 heteroatoms. The summed E-state index contributed by atoms with van der Waals surface area (Å²) in [6.45, 7) is 9.68. The molecule has 22 heavy (non-hydrogen) atoms. The summed E-state index contributed by atoms with van der Waals surface area (Å²) in [5.74, 6) is 1.26. The summed E-state index contributed by atoms with van der Waals surface area (Å²) in [6.07, 6.45) is 3.68. The smallest absolute Gasteiger partial charge is 0.0399 e. The van der Waals surface area contributed by atoms with Crippen LogP contribution in [0.3, 0.4) is 0 Å². The van der Waals surface area contributed by atoms with E-state index in [1.165, 1.54) is 30.6 Å². The Bertz CT molecular complexity index is 371. The van der Waals surface area contributed by atoms with Crippen LogP contribution in [0.5, 0.6) is 0 Å². The van der Waals surface area contributed by atoms with Crippen LogP contribution in [0.25, 0.3) is 0 Å². The molecule has 0 aliphatic rings. The average molecular weight is 345 g/mol. The highest BCUT2D eigenvalue weighted by atomic mass is 35.5. The van der Waals surface area contributed by atoms with Crippen LogP contribution < -0.4 is 4.90 Å². The maximum atomic E-state index is 5.86. The molecule has 0 bridgehead atoms. The summed E-state index contributed by atoms with van der Waals surface area (Å²) in [4.78, 5) is 4.73. The fraction of sp³-hybridized carbons (Fsp3) is 0.667. The number of unbranched alkanes of at least 4 members (excludes halogenated alkanes) is 1. The van der Waals surface area contributed by atoms with Crippen LogP contribution in [0.15, 0.2) is 24.3 Å². The van der Waals surface area contributed by atoms with Crippen molar-refractivity contribution in [2.45, 2.75) is 33.1 Å². The quantitative estimate of drug-likeness (QED) is 0.402. The Hall–Kier alpha value is -0.440. The zero-order valence-electron chi connectivity index (χ0n) is 14.0. The van der Waals surface area contributed by atoms with E-state index in [0.717, 1.165) is 32.6 Å². The Labute approximate surface area is 146 Å². The molecule has 0 N–H and O–H groups in total. The van der Waals surface area contributed by atoms with Crippen LogP contribution in [-0.4, -0.2) is 49.4 Å². The summed E-state index contributed by atoms with van der Waals surface area (Å²) in [7, 11) is 0. The second-order valence-corrected chi connectivity index (χ2v) is 6.27. The second kappa shape index (κ2) is 12.0. The molecule has 1 aromatic carbocycles. The van der Waals surface area contributed by atoms with E-state index in [0.29, 0.717) is 11.8 Å². The maximum absolute atomic E-state index is 5.86. The van der Waals surface area contributed by atoms with E-state index in [1.54, 1.807) is 0 Å². The molecule has 2 nitrogen and oxygen atoms in total. The van der Waals surface area contributed by atoms with E-state index in [1.807, 2.05) is 0 Å². The normalized spacial score (nSPS) is 11.1. The van der Waals surface area contributed by atoms with Gasteiger partial charge in [-0.1, -0.05) is 26.0 Å². The first-order valence-electron chi connectivity index (χ1n) is 8.43. The molecule has 0 radical (unpaired) electrons. The Morgan fingerprint density at radius 3 is 1.91 bits per heavy atom. The summed E-state index contributed by atoms with van der Waals surface area (Å²) in [6, 6.07) is 8.86. The lowest BCUT2D eigenvalue weighted by Gasteiger charge is -2.23. The zero-order chi connectivity index (χ0) is 16.2. The molecule has 0 aliphatic carbocycles. The van der Waals surface area contributed by atoms with Crippen LogP contribution in [0.2, 0.25) is 0 Å². The number of alkyl halides is 2. The number of aryl methyl sites for hydroxylation is 1. The van der Waals surface area contributed by atoms with Crippen molar-refractivity contribution in [1.82, 2.24) is 4.90 Å². The second-order valence-electron chi connectivity index (χ2n) is 5.52. The molecule has 0 saturated carbocycles. The third kappa shape index (κ3) is 7.21. The molecule has 0 fully saturated rings. The van der Waals surface area contributed by atoms with Gasteiger partial charge in [0.05, 0.1) is 0 Å². The number of rotatable bonds is 12. The van der Waals surface area contributed by atoms with Gasteiger partial charge in [0.1, 0.15) is 0 Å². The Morgan fingerprint density at radius 2 is 1.41 bits per heavy atom. The molecule has 0 unspecified atom stereocenters. The summed E-state index contributed by atoms with van der Waals surface area (Å²) in [5, 5.41) is 0. The molecule has 126 valence electrons. The number of halogens is 2. The van der Waals surface area contributed by atoms with Gasteiger partial charge in [-0.2, -0.15) is 0 Å². The Kier molecular flexibility index (Phi) is 10.7. The van der Waals surface area contributed by atoms with E-state index < -0.39 is 0 Å². The fourth-order valence-electron chi connectivity index (χ4n) is 2.65. The SMILES string of the molecule is CCN(CC)CCCCc1ccc(N(CCCl)CCCl)cc1. The van der Waals surface area contributed by atoms with Gasteiger partial charge < -0.3 is 9.80 Å².